The van der Waals surface area contributed by atoms with Gasteiger partial charge in [0.2, 0.25) is 5.91 Å². The number of ether oxygens (including phenoxy) is 2. The number of amides is 2. The van der Waals surface area contributed by atoms with Crippen LogP contribution in [0.15, 0.2) is 48.5 Å². The second-order valence-corrected chi connectivity index (χ2v) is 5.94. The highest BCUT2D eigenvalue weighted by Crippen LogP contribution is 2.27. The fourth-order valence-electron chi connectivity index (χ4n) is 2.25. The summed E-state index contributed by atoms with van der Waals surface area (Å²) in [6, 6.07) is 11.9. The van der Waals surface area contributed by atoms with Gasteiger partial charge < -0.3 is 20.1 Å². The zero-order valence-corrected chi connectivity index (χ0v) is 15.9. The molecule has 0 aromatic heterocycles. The van der Waals surface area contributed by atoms with E-state index in [4.69, 9.17) is 21.1 Å². The average Bonchev–Trinajstić information content (AvgIpc) is 2.69. The van der Waals surface area contributed by atoms with E-state index in [1.54, 1.807) is 56.7 Å². The summed E-state index contributed by atoms with van der Waals surface area (Å²) in [5, 5.41) is 6.00. The van der Waals surface area contributed by atoms with Gasteiger partial charge in [0.15, 0.2) is 11.5 Å². The summed E-state index contributed by atoms with van der Waals surface area (Å²) in [7, 11) is 3.11. The minimum Gasteiger partial charge on any atom is -0.493 e. The Bertz CT molecular complexity index is 819. The smallest absolute Gasteiger partial charge is 0.251 e. The minimum absolute atomic E-state index is 0.221. The zero-order chi connectivity index (χ0) is 19.6. The Hall–Kier alpha value is -2.99. The number of rotatable bonds is 8. The van der Waals surface area contributed by atoms with Crippen LogP contribution in [0.25, 0.3) is 6.08 Å². The lowest BCUT2D eigenvalue weighted by molar-refractivity contribution is -0.116. The van der Waals surface area contributed by atoms with Crippen molar-refractivity contribution in [3.05, 3.63) is 64.7 Å². The molecular weight excluding hydrogens is 368 g/mol. The third kappa shape index (κ3) is 6.34. The van der Waals surface area contributed by atoms with Crippen molar-refractivity contribution in [2.75, 3.05) is 27.3 Å². The molecule has 0 aliphatic carbocycles. The second-order valence-electron chi connectivity index (χ2n) is 5.50. The molecule has 0 saturated carbocycles. The third-order valence-electron chi connectivity index (χ3n) is 3.65. The molecular formula is C20H21ClN2O4. The molecule has 0 aliphatic heterocycles. The average molecular weight is 389 g/mol. The normalized spacial score (nSPS) is 10.5. The molecule has 27 heavy (non-hydrogen) atoms. The maximum atomic E-state index is 11.9. The summed E-state index contributed by atoms with van der Waals surface area (Å²) in [6.07, 6.45) is 3.09. The highest BCUT2D eigenvalue weighted by molar-refractivity contribution is 6.30. The molecule has 2 amide bonds. The van der Waals surface area contributed by atoms with Gasteiger partial charge in [-0.15, -0.1) is 0 Å². The van der Waals surface area contributed by atoms with E-state index in [1.165, 1.54) is 6.08 Å². The summed E-state index contributed by atoms with van der Waals surface area (Å²) in [4.78, 5) is 23.8. The first-order chi connectivity index (χ1) is 13.0. The van der Waals surface area contributed by atoms with Crippen LogP contribution < -0.4 is 20.1 Å². The fourth-order valence-corrected chi connectivity index (χ4v) is 2.38. The summed E-state index contributed by atoms with van der Waals surface area (Å²) >= 11 is 5.79. The van der Waals surface area contributed by atoms with Gasteiger partial charge in [-0.3, -0.25) is 9.59 Å². The van der Waals surface area contributed by atoms with Crippen LogP contribution >= 0.6 is 11.6 Å². The molecule has 2 aromatic carbocycles. The van der Waals surface area contributed by atoms with E-state index in [1.807, 2.05) is 6.07 Å². The number of nitrogens with one attached hydrogen (secondary N) is 2. The Morgan fingerprint density at radius 3 is 2.30 bits per heavy atom. The van der Waals surface area contributed by atoms with E-state index in [0.29, 0.717) is 35.2 Å². The standard InChI is InChI=1S/C20H21ClN2O4/c1-26-17-9-3-14(13-18(17)27-2)4-10-19(24)22-11-12-23-20(25)15-5-7-16(21)8-6-15/h3-10,13H,11-12H2,1-2H3,(H,22,24)(H,23,25)/b10-4+. The van der Waals surface area contributed by atoms with Crippen LogP contribution in [0.3, 0.4) is 0 Å². The Morgan fingerprint density at radius 2 is 1.63 bits per heavy atom. The van der Waals surface area contributed by atoms with E-state index in [2.05, 4.69) is 10.6 Å². The fraction of sp³-hybridized carbons (Fsp3) is 0.200. The summed E-state index contributed by atoms with van der Waals surface area (Å²) in [5.41, 5.74) is 1.32. The first kappa shape index (κ1) is 20.3. The van der Waals surface area contributed by atoms with Gasteiger partial charge in [-0.2, -0.15) is 0 Å². The lowest BCUT2D eigenvalue weighted by Crippen LogP contribution is -2.33. The van der Waals surface area contributed by atoms with Crippen LogP contribution in [0.4, 0.5) is 0 Å². The van der Waals surface area contributed by atoms with Gasteiger partial charge in [0.25, 0.3) is 5.91 Å². The quantitative estimate of drug-likeness (QED) is 0.538. The molecule has 2 aromatic rings. The van der Waals surface area contributed by atoms with Gasteiger partial charge >= 0.3 is 0 Å². The molecule has 0 bridgehead atoms. The summed E-state index contributed by atoms with van der Waals surface area (Å²) in [5.74, 6) is 0.729. The molecule has 0 aliphatic rings. The number of carbonyl (C=O) groups is 2. The van der Waals surface area contributed by atoms with Crippen molar-refractivity contribution in [1.29, 1.82) is 0 Å². The SMILES string of the molecule is COc1ccc(/C=C/C(=O)NCCNC(=O)c2ccc(Cl)cc2)cc1OC. The Kier molecular flexibility index (Phi) is 7.70. The van der Waals surface area contributed by atoms with Crippen LogP contribution in [-0.4, -0.2) is 39.1 Å². The Labute approximate surface area is 163 Å². The van der Waals surface area contributed by atoms with Gasteiger partial charge in [-0.05, 0) is 48.0 Å². The van der Waals surface area contributed by atoms with Gasteiger partial charge in [0.1, 0.15) is 0 Å². The van der Waals surface area contributed by atoms with Crippen molar-refractivity contribution in [1.82, 2.24) is 10.6 Å². The number of benzene rings is 2. The topological polar surface area (TPSA) is 76.7 Å². The van der Waals surface area contributed by atoms with Crippen LogP contribution in [0.2, 0.25) is 5.02 Å². The molecule has 142 valence electrons. The number of hydrogen-bond acceptors (Lipinski definition) is 4. The highest BCUT2D eigenvalue weighted by Gasteiger charge is 2.05. The predicted octanol–water partition coefficient (Wildman–Crippen LogP) is 2.92. The van der Waals surface area contributed by atoms with E-state index >= 15 is 0 Å². The molecule has 2 rings (SSSR count). The van der Waals surface area contributed by atoms with Crippen LogP contribution in [0.1, 0.15) is 15.9 Å². The molecule has 0 radical (unpaired) electrons. The molecule has 0 fully saturated rings. The third-order valence-corrected chi connectivity index (χ3v) is 3.90. The number of methoxy groups -OCH3 is 2. The van der Waals surface area contributed by atoms with E-state index in [9.17, 15) is 9.59 Å². The number of hydrogen-bond donors (Lipinski definition) is 2. The van der Waals surface area contributed by atoms with E-state index in [-0.39, 0.29) is 11.8 Å². The monoisotopic (exact) mass is 388 g/mol. The van der Waals surface area contributed by atoms with Crippen molar-refractivity contribution in [2.45, 2.75) is 0 Å². The molecule has 0 spiro atoms. The molecule has 6 nitrogen and oxygen atoms in total. The molecule has 0 unspecified atom stereocenters. The molecule has 0 heterocycles. The molecule has 2 N–H and O–H groups in total. The van der Waals surface area contributed by atoms with Crippen molar-refractivity contribution in [3.63, 3.8) is 0 Å². The van der Waals surface area contributed by atoms with Gasteiger partial charge in [0.05, 0.1) is 14.2 Å². The van der Waals surface area contributed by atoms with Crippen molar-refractivity contribution >= 4 is 29.5 Å². The summed E-state index contributed by atoms with van der Waals surface area (Å²) < 4.78 is 10.4. The first-order valence-corrected chi connectivity index (χ1v) is 8.63. The van der Waals surface area contributed by atoms with Crippen molar-refractivity contribution in [3.8, 4) is 11.5 Å². The Morgan fingerprint density at radius 1 is 0.963 bits per heavy atom. The van der Waals surface area contributed by atoms with E-state index in [0.717, 1.165) is 5.56 Å². The predicted molar refractivity (Wildman–Crippen MR) is 105 cm³/mol. The van der Waals surface area contributed by atoms with Crippen LogP contribution in [0, 0.1) is 0 Å². The van der Waals surface area contributed by atoms with Crippen molar-refractivity contribution in [2.24, 2.45) is 0 Å². The minimum atomic E-state index is -0.259. The molecule has 7 heteroatoms. The lowest BCUT2D eigenvalue weighted by atomic mass is 10.2. The first-order valence-electron chi connectivity index (χ1n) is 8.25. The maximum Gasteiger partial charge on any atom is 0.251 e. The number of carbonyl (C=O) groups excluding carboxylic acids is 2. The van der Waals surface area contributed by atoms with Crippen LogP contribution in [0.5, 0.6) is 11.5 Å². The lowest BCUT2D eigenvalue weighted by Gasteiger charge is -2.08. The van der Waals surface area contributed by atoms with Crippen LogP contribution in [-0.2, 0) is 4.79 Å². The molecule has 0 atom stereocenters. The molecule has 0 saturated heterocycles. The number of halogens is 1. The van der Waals surface area contributed by atoms with Gasteiger partial charge in [-0.25, -0.2) is 0 Å². The zero-order valence-electron chi connectivity index (χ0n) is 15.1. The second kappa shape index (κ2) is 10.2. The summed E-state index contributed by atoms with van der Waals surface area (Å²) in [6.45, 7) is 0.631. The van der Waals surface area contributed by atoms with Gasteiger partial charge in [0, 0.05) is 29.8 Å². The largest absolute Gasteiger partial charge is 0.493 e. The maximum absolute atomic E-state index is 11.9. The Balaban J connectivity index is 1.76. The van der Waals surface area contributed by atoms with Gasteiger partial charge in [-0.1, -0.05) is 17.7 Å². The van der Waals surface area contributed by atoms with Crippen molar-refractivity contribution < 1.29 is 19.1 Å². The highest BCUT2D eigenvalue weighted by atomic mass is 35.5. The van der Waals surface area contributed by atoms with E-state index < -0.39 is 0 Å².